The van der Waals surface area contributed by atoms with Crippen molar-refractivity contribution in [1.29, 1.82) is 0 Å². The highest BCUT2D eigenvalue weighted by molar-refractivity contribution is 5.57. The van der Waals surface area contributed by atoms with Crippen LogP contribution in [0.4, 0.5) is 0 Å². The zero-order valence-corrected chi connectivity index (χ0v) is 16.4. The van der Waals surface area contributed by atoms with Gasteiger partial charge in [-0.05, 0) is 25.0 Å². The van der Waals surface area contributed by atoms with Crippen LogP contribution >= 0.6 is 0 Å². The number of benzene rings is 2. The van der Waals surface area contributed by atoms with Crippen molar-refractivity contribution >= 4 is 12.2 Å². The summed E-state index contributed by atoms with van der Waals surface area (Å²) >= 11 is 0. The maximum Gasteiger partial charge on any atom is 0.122 e. The number of nitrogens with zero attached hydrogens (tertiary/aromatic N) is 2. The van der Waals surface area contributed by atoms with Crippen molar-refractivity contribution in [2.24, 2.45) is 0 Å². The summed E-state index contributed by atoms with van der Waals surface area (Å²) in [5.74, 6) is 0.674. The van der Waals surface area contributed by atoms with Crippen LogP contribution in [0, 0.1) is 0 Å². The van der Waals surface area contributed by atoms with Crippen molar-refractivity contribution in [1.82, 2.24) is 9.80 Å². The molecule has 0 bridgehead atoms. The molecule has 0 spiro atoms. The number of phenolic OH excluding ortho intramolecular Hbond substituents is 2. The Bertz CT molecular complexity index is 725. The highest BCUT2D eigenvalue weighted by Gasteiger charge is 2.15. The van der Waals surface area contributed by atoms with Gasteiger partial charge in [0, 0.05) is 50.4 Å². The largest absolute Gasteiger partial charge is 0.507 e. The Morgan fingerprint density at radius 2 is 1.04 bits per heavy atom. The standard InChI is InChI=1S/C24H30N2O2/c27-23-13-3-1-9-21(23)11-5-7-15-25-17-19-26(20-18-25)16-8-6-12-22-10-2-4-14-24(22)28/h1-6,9-14,27-28H,7-8,15-20H2. The van der Waals surface area contributed by atoms with Crippen LogP contribution in [0.5, 0.6) is 11.5 Å². The SMILES string of the molecule is Oc1ccccc1C=CCCN1CCN(CCC=Cc2ccccc2O)CC1. The van der Waals surface area contributed by atoms with E-state index in [9.17, 15) is 10.2 Å². The minimum Gasteiger partial charge on any atom is -0.507 e. The van der Waals surface area contributed by atoms with Crippen LogP contribution in [-0.2, 0) is 0 Å². The second-order valence-electron chi connectivity index (χ2n) is 7.18. The lowest BCUT2D eigenvalue weighted by Gasteiger charge is -2.34. The van der Waals surface area contributed by atoms with Gasteiger partial charge in [0.1, 0.15) is 11.5 Å². The lowest BCUT2D eigenvalue weighted by atomic mass is 10.1. The number of hydrogen-bond donors (Lipinski definition) is 2. The van der Waals surface area contributed by atoms with Crippen molar-refractivity contribution < 1.29 is 10.2 Å². The summed E-state index contributed by atoms with van der Waals surface area (Å²) in [6.07, 6.45) is 10.3. The molecule has 1 heterocycles. The van der Waals surface area contributed by atoms with Crippen molar-refractivity contribution in [2.75, 3.05) is 39.3 Å². The molecule has 4 heteroatoms. The Balaban J connectivity index is 1.31. The van der Waals surface area contributed by atoms with Gasteiger partial charge in [0.15, 0.2) is 0 Å². The summed E-state index contributed by atoms with van der Waals surface area (Å²) in [5.41, 5.74) is 1.76. The molecule has 1 aliphatic rings. The van der Waals surface area contributed by atoms with Crippen LogP contribution in [0.3, 0.4) is 0 Å². The number of hydrogen-bond acceptors (Lipinski definition) is 4. The monoisotopic (exact) mass is 378 g/mol. The molecule has 0 atom stereocenters. The molecule has 2 N–H and O–H groups in total. The molecule has 4 nitrogen and oxygen atoms in total. The van der Waals surface area contributed by atoms with E-state index in [0.717, 1.165) is 63.2 Å². The first-order chi connectivity index (χ1) is 13.7. The molecule has 0 unspecified atom stereocenters. The average molecular weight is 379 g/mol. The van der Waals surface area contributed by atoms with Gasteiger partial charge < -0.3 is 20.0 Å². The molecule has 0 aromatic heterocycles. The summed E-state index contributed by atoms with van der Waals surface area (Å²) in [4.78, 5) is 5.01. The van der Waals surface area contributed by atoms with Crippen LogP contribution in [0.2, 0.25) is 0 Å². The van der Waals surface area contributed by atoms with Gasteiger partial charge in [0.2, 0.25) is 0 Å². The maximum absolute atomic E-state index is 9.77. The quantitative estimate of drug-likeness (QED) is 0.722. The minimum absolute atomic E-state index is 0.337. The molecule has 2 aromatic rings. The fourth-order valence-electron chi connectivity index (χ4n) is 3.43. The zero-order valence-electron chi connectivity index (χ0n) is 16.4. The summed E-state index contributed by atoms with van der Waals surface area (Å²) in [6.45, 7) is 6.54. The lowest BCUT2D eigenvalue weighted by molar-refractivity contribution is 0.136. The molecule has 1 aliphatic heterocycles. The molecule has 0 aliphatic carbocycles. The van der Waals surface area contributed by atoms with E-state index in [1.807, 2.05) is 48.6 Å². The van der Waals surface area contributed by atoms with E-state index in [4.69, 9.17) is 0 Å². The van der Waals surface area contributed by atoms with Gasteiger partial charge in [-0.15, -0.1) is 0 Å². The summed E-state index contributed by atoms with van der Waals surface area (Å²) in [6, 6.07) is 14.9. The van der Waals surface area contributed by atoms with Gasteiger partial charge in [-0.3, -0.25) is 0 Å². The normalized spacial score (nSPS) is 16.3. The molecule has 0 saturated carbocycles. The van der Waals surface area contributed by atoms with Gasteiger partial charge in [-0.2, -0.15) is 0 Å². The first-order valence-electron chi connectivity index (χ1n) is 10.1. The molecular formula is C24H30N2O2. The molecule has 28 heavy (non-hydrogen) atoms. The molecule has 148 valence electrons. The van der Waals surface area contributed by atoms with Crippen LogP contribution in [0.25, 0.3) is 12.2 Å². The van der Waals surface area contributed by atoms with Gasteiger partial charge in [-0.1, -0.05) is 60.7 Å². The fraction of sp³-hybridized carbons (Fsp3) is 0.333. The van der Waals surface area contributed by atoms with Gasteiger partial charge >= 0.3 is 0 Å². The molecule has 1 fully saturated rings. The molecule has 1 saturated heterocycles. The molecular weight excluding hydrogens is 348 g/mol. The van der Waals surface area contributed by atoms with E-state index in [2.05, 4.69) is 22.0 Å². The molecule has 2 aromatic carbocycles. The number of piperazine rings is 1. The van der Waals surface area contributed by atoms with Crippen molar-refractivity contribution in [3.05, 3.63) is 71.8 Å². The summed E-state index contributed by atoms with van der Waals surface area (Å²) < 4.78 is 0. The van der Waals surface area contributed by atoms with Crippen LogP contribution in [0.1, 0.15) is 24.0 Å². The second kappa shape index (κ2) is 10.7. The smallest absolute Gasteiger partial charge is 0.122 e. The predicted octanol–water partition coefficient (Wildman–Crippen LogP) is 4.22. The van der Waals surface area contributed by atoms with Gasteiger partial charge in [0.25, 0.3) is 0 Å². The second-order valence-corrected chi connectivity index (χ2v) is 7.18. The Labute approximate surface area is 168 Å². The Kier molecular flexibility index (Phi) is 7.71. The van der Waals surface area contributed by atoms with Crippen molar-refractivity contribution in [3.63, 3.8) is 0 Å². The average Bonchev–Trinajstić information content (AvgIpc) is 2.72. The lowest BCUT2D eigenvalue weighted by Crippen LogP contribution is -2.46. The highest BCUT2D eigenvalue weighted by atomic mass is 16.3. The number of phenols is 2. The van der Waals surface area contributed by atoms with E-state index in [1.54, 1.807) is 12.1 Å². The van der Waals surface area contributed by atoms with E-state index < -0.39 is 0 Å². The van der Waals surface area contributed by atoms with E-state index in [1.165, 1.54) is 0 Å². The van der Waals surface area contributed by atoms with E-state index >= 15 is 0 Å². The third-order valence-corrected chi connectivity index (χ3v) is 5.16. The number of aromatic hydroxyl groups is 2. The molecule has 0 amide bonds. The third kappa shape index (κ3) is 6.25. The first kappa shape index (κ1) is 20.2. The number of rotatable bonds is 8. The van der Waals surface area contributed by atoms with Gasteiger partial charge in [-0.25, -0.2) is 0 Å². The topological polar surface area (TPSA) is 46.9 Å². The van der Waals surface area contributed by atoms with E-state index in [0.29, 0.717) is 11.5 Å². The van der Waals surface area contributed by atoms with E-state index in [-0.39, 0.29) is 0 Å². The fourth-order valence-corrected chi connectivity index (χ4v) is 3.43. The highest BCUT2D eigenvalue weighted by Crippen LogP contribution is 2.18. The minimum atomic E-state index is 0.337. The summed E-state index contributed by atoms with van der Waals surface area (Å²) in [7, 11) is 0. The Hall–Kier alpha value is -2.56. The zero-order chi connectivity index (χ0) is 19.6. The maximum atomic E-state index is 9.77. The van der Waals surface area contributed by atoms with Crippen molar-refractivity contribution in [3.8, 4) is 11.5 Å². The Morgan fingerprint density at radius 3 is 1.43 bits per heavy atom. The Morgan fingerprint density at radius 1 is 0.643 bits per heavy atom. The van der Waals surface area contributed by atoms with Gasteiger partial charge in [0.05, 0.1) is 0 Å². The first-order valence-corrected chi connectivity index (χ1v) is 10.1. The molecule has 0 radical (unpaired) electrons. The third-order valence-electron chi connectivity index (χ3n) is 5.16. The summed E-state index contributed by atoms with van der Waals surface area (Å²) in [5, 5.41) is 19.5. The predicted molar refractivity (Wildman–Crippen MR) is 116 cm³/mol. The van der Waals surface area contributed by atoms with Crippen molar-refractivity contribution in [2.45, 2.75) is 12.8 Å². The number of para-hydroxylation sites is 2. The van der Waals surface area contributed by atoms with Crippen LogP contribution in [-0.4, -0.2) is 59.3 Å². The molecule has 3 rings (SSSR count). The van der Waals surface area contributed by atoms with Crippen LogP contribution < -0.4 is 0 Å². The van der Waals surface area contributed by atoms with Crippen LogP contribution in [0.15, 0.2) is 60.7 Å².